The van der Waals surface area contributed by atoms with Crippen molar-refractivity contribution in [1.29, 1.82) is 0 Å². The highest BCUT2D eigenvalue weighted by molar-refractivity contribution is 5.97. The van der Waals surface area contributed by atoms with Crippen LogP contribution in [-0.4, -0.2) is 268 Å². The van der Waals surface area contributed by atoms with E-state index in [1.807, 2.05) is 28.1 Å². The number of quaternary nitrogens is 3. The molecule has 0 saturated carbocycles. The number of aliphatic hydroxyl groups is 8. The summed E-state index contributed by atoms with van der Waals surface area (Å²) in [7, 11) is 5.68. The first-order chi connectivity index (χ1) is 35.4. The quantitative estimate of drug-likeness (QED) is 0.0448. The van der Waals surface area contributed by atoms with Crippen LogP contribution in [0.4, 0.5) is 4.79 Å². The van der Waals surface area contributed by atoms with Crippen LogP contribution in [0.3, 0.4) is 0 Å². The molecule has 4 rings (SSSR count). The Balaban J connectivity index is 1.82. The van der Waals surface area contributed by atoms with Gasteiger partial charge in [0, 0.05) is 39.3 Å². The molecule has 0 aromatic carbocycles. The molecule has 4 aliphatic heterocycles. The SMILES string of the molecule is CCNC(=O)N(CCC[N+](C)(C)C)C(=O)C1OC(OC2C(O)C(CO)OC(C(C)C)C2NC(C)=O)C(O)C(O)C1OC1OC(CO)C(O)C(OC2OC(C(=O)NC(C)C([NH3+])C(C)[NH3+])C(C(C)C)C(O)C2O)C1NC(C)=O. The second-order valence-electron chi connectivity index (χ2n) is 22.3. The van der Waals surface area contributed by atoms with E-state index in [0.29, 0.717) is 11.0 Å². The second kappa shape index (κ2) is 28.2. The molecule has 76 heavy (non-hydrogen) atoms. The van der Waals surface area contributed by atoms with Gasteiger partial charge in [-0.1, -0.05) is 27.7 Å². The van der Waals surface area contributed by atoms with Crippen LogP contribution in [0, 0.1) is 17.8 Å². The molecule has 18 N–H and O–H groups in total. The lowest BCUT2D eigenvalue weighted by atomic mass is 9.80. The summed E-state index contributed by atoms with van der Waals surface area (Å²) in [5.74, 6) is -5.01. The number of nitrogens with one attached hydrogen (secondary N) is 4. The van der Waals surface area contributed by atoms with Gasteiger partial charge >= 0.3 is 6.03 Å². The van der Waals surface area contributed by atoms with Crippen molar-refractivity contribution in [2.24, 2.45) is 17.8 Å². The van der Waals surface area contributed by atoms with Gasteiger partial charge in [-0.3, -0.25) is 24.1 Å². The zero-order chi connectivity index (χ0) is 57.4. The standard InChI is InChI=1S/C48H88N8O20/c1-13-51-48(69)55(15-14-16-56(10,11)12)44(68)42-41(34(64)36(66)47(76-42)73-39-29(53-23(8)59)37(20(4)5)70-25(17-57)31(39)61)75-45-30(54-24(9)60)40(32(62)26(18-58)71-45)74-46-35(65)33(63)27(19(2)3)38(72-46)43(67)52-22(7)28(50)21(6)49/h19-22,25-42,45-47,57-58,61-66H,13-18,49-50H2,1-12H3,(H3-,51,52,53,54,59,60,67,69)/p+3. The van der Waals surface area contributed by atoms with Crippen LogP contribution in [0.5, 0.6) is 0 Å². The third-order valence-electron chi connectivity index (χ3n) is 14.3. The molecule has 4 saturated heterocycles. The number of hydrogen-bond donors (Lipinski definition) is 14. The third kappa shape index (κ3) is 15.9. The summed E-state index contributed by atoms with van der Waals surface area (Å²) in [6.45, 7) is 13.0. The number of ether oxygens (including phenoxy) is 7. The van der Waals surface area contributed by atoms with Crippen LogP contribution in [-0.2, 0) is 52.3 Å². The highest BCUT2D eigenvalue weighted by Crippen LogP contribution is 2.38. The molecule has 4 fully saturated rings. The van der Waals surface area contributed by atoms with E-state index < -0.39 is 177 Å². The van der Waals surface area contributed by atoms with Crippen molar-refractivity contribution < 1.29 is 114 Å². The Hall–Kier alpha value is -3.37. The number of hydrogen-bond acceptors (Lipinski definition) is 20. The minimum absolute atomic E-state index is 0.0674. The van der Waals surface area contributed by atoms with E-state index in [4.69, 9.17) is 33.2 Å². The van der Waals surface area contributed by atoms with E-state index >= 15 is 4.79 Å². The van der Waals surface area contributed by atoms with Crippen LogP contribution in [0.1, 0.15) is 68.7 Å². The van der Waals surface area contributed by atoms with Crippen LogP contribution >= 0.6 is 0 Å². The monoisotopic (exact) mass is 1100 g/mol. The Kier molecular flexibility index (Phi) is 24.1. The summed E-state index contributed by atoms with van der Waals surface area (Å²) in [4.78, 5) is 69.3. The van der Waals surface area contributed by atoms with Gasteiger partial charge in [0.2, 0.25) is 17.7 Å². The molecule has 23 atom stereocenters. The van der Waals surface area contributed by atoms with Crippen molar-refractivity contribution in [3.05, 3.63) is 0 Å². The van der Waals surface area contributed by atoms with E-state index in [1.54, 1.807) is 41.5 Å². The fourth-order valence-corrected chi connectivity index (χ4v) is 10.1. The number of amides is 6. The summed E-state index contributed by atoms with van der Waals surface area (Å²) in [5, 5.41) is 102. The Labute approximate surface area is 443 Å². The van der Waals surface area contributed by atoms with E-state index in [0.717, 1.165) is 11.8 Å². The molecule has 0 spiro atoms. The van der Waals surface area contributed by atoms with Gasteiger partial charge in [0.1, 0.15) is 79.2 Å². The van der Waals surface area contributed by atoms with Gasteiger partial charge in [-0.2, -0.15) is 0 Å². The Bertz CT molecular complexity index is 1900. The van der Waals surface area contributed by atoms with Gasteiger partial charge < -0.3 is 111 Å². The van der Waals surface area contributed by atoms with E-state index in [9.17, 15) is 60.0 Å². The molecule has 0 aromatic heterocycles. The van der Waals surface area contributed by atoms with Crippen molar-refractivity contribution >= 4 is 29.7 Å². The summed E-state index contributed by atoms with van der Waals surface area (Å²) in [6, 6.07) is -4.84. The lowest BCUT2D eigenvalue weighted by Gasteiger charge is -2.51. The molecule has 28 nitrogen and oxygen atoms in total. The number of imide groups is 1. The Morgan fingerprint density at radius 1 is 0.645 bits per heavy atom. The predicted octanol–water partition coefficient (Wildman–Crippen LogP) is -7.43. The van der Waals surface area contributed by atoms with Gasteiger partial charge in [0.25, 0.3) is 5.91 Å². The number of carbonyl (C=O) groups is 5. The van der Waals surface area contributed by atoms with Gasteiger partial charge in [-0.25, -0.2) is 4.79 Å². The van der Waals surface area contributed by atoms with Crippen LogP contribution in [0.25, 0.3) is 0 Å². The highest BCUT2D eigenvalue weighted by Gasteiger charge is 2.58. The van der Waals surface area contributed by atoms with Gasteiger partial charge in [0.05, 0.1) is 65.2 Å². The van der Waals surface area contributed by atoms with Crippen molar-refractivity contribution in [3.63, 3.8) is 0 Å². The van der Waals surface area contributed by atoms with Crippen LogP contribution in [0.15, 0.2) is 0 Å². The normalized spacial score (nSPS) is 37.4. The largest absolute Gasteiger partial charge is 0.394 e. The van der Waals surface area contributed by atoms with Crippen LogP contribution in [0.2, 0.25) is 0 Å². The maximum Gasteiger partial charge on any atom is 0.324 e. The Morgan fingerprint density at radius 2 is 1.14 bits per heavy atom. The summed E-state index contributed by atoms with van der Waals surface area (Å²) < 4.78 is 43.6. The molecule has 4 aliphatic rings. The zero-order valence-electron chi connectivity index (χ0n) is 46.0. The molecule has 28 heteroatoms. The minimum Gasteiger partial charge on any atom is -0.394 e. The molecular weight excluding hydrogens is 1010 g/mol. The van der Waals surface area contributed by atoms with E-state index in [1.165, 1.54) is 6.92 Å². The first-order valence-corrected chi connectivity index (χ1v) is 26.2. The van der Waals surface area contributed by atoms with Crippen molar-refractivity contribution in [2.75, 3.05) is 54.0 Å². The highest BCUT2D eigenvalue weighted by atomic mass is 16.8. The molecule has 6 amide bonds. The van der Waals surface area contributed by atoms with E-state index in [-0.39, 0.29) is 37.5 Å². The van der Waals surface area contributed by atoms with E-state index in [2.05, 4.69) is 32.7 Å². The second-order valence-corrected chi connectivity index (χ2v) is 22.3. The molecule has 0 bridgehead atoms. The topological polar surface area (TPSA) is 418 Å². The maximum absolute atomic E-state index is 15.1. The molecule has 0 radical (unpaired) electrons. The number of aliphatic hydroxyl groups excluding tert-OH is 8. The number of nitrogens with zero attached hydrogens (tertiary/aromatic N) is 2. The zero-order valence-corrected chi connectivity index (χ0v) is 46.0. The average molecular weight is 1100 g/mol. The smallest absolute Gasteiger partial charge is 0.324 e. The minimum atomic E-state index is -2.25. The van der Waals surface area contributed by atoms with Gasteiger partial charge in [0.15, 0.2) is 31.0 Å². The summed E-state index contributed by atoms with van der Waals surface area (Å²) in [5.41, 5.74) is 8.07. The van der Waals surface area contributed by atoms with Crippen molar-refractivity contribution in [2.45, 2.75) is 203 Å². The number of rotatable bonds is 22. The van der Waals surface area contributed by atoms with Gasteiger partial charge in [-0.15, -0.1) is 0 Å². The van der Waals surface area contributed by atoms with Crippen molar-refractivity contribution in [1.82, 2.24) is 26.2 Å². The first kappa shape index (κ1) is 65.2. The number of urea groups is 1. The molecule has 440 valence electrons. The molecule has 23 unspecified atom stereocenters. The fourth-order valence-electron chi connectivity index (χ4n) is 10.1. The first-order valence-electron chi connectivity index (χ1n) is 26.2. The lowest BCUT2D eigenvalue weighted by Crippen LogP contribution is -2.83. The average Bonchev–Trinajstić information content (AvgIpc) is 3.32. The lowest BCUT2D eigenvalue weighted by molar-refractivity contribution is -0.870. The Morgan fingerprint density at radius 3 is 1.63 bits per heavy atom. The summed E-state index contributed by atoms with van der Waals surface area (Å²) in [6.07, 6.45) is -30.2. The molecular formula is C48H91N8O20+3. The summed E-state index contributed by atoms with van der Waals surface area (Å²) >= 11 is 0. The predicted molar refractivity (Wildman–Crippen MR) is 263 cm³/mol. The maximum atomic E-state index is 15.1. The number of carbonyl (C=O) groups excluding carboxylic acids is 5. The third-order valence-corrected chi connectivity index (χ3v) is 14.3. The molecule has 0 aromatic rings. The van der Waals surface area contributed by atoms with Crippen LogP contribution < -0.4 is 32.7 Å². The fraction of sp³-hybridized carbons (Fsp3) is 0.896. The molecule has 4 heterocycles. The van der Waals surface area contributed by atoms with Crippen molar-refractivity contribution in [3.8, 4) is 0 Å². The molecule has 0 aliphatic carbocycles. The van der Waals surface area contributed by atoms with Gasteiger partial charge in [-0.05, 0) is 32.6 Å².